The van der Waals surface area contributed by atoms with Crippen molar-refractivity contribution >= 4 is 33.6 Å². The van der Waals surface area contributed by atoms with Crippen LogP contribution in [0.5, 0.6) is 5.75 Å². The van der Waals surface area contributed by atoms with Crippen LogP contribution >= 0.6 is 15.9 Å². The fourth-order valence-corrected chi connectivity index (χ4v) is 3.49. The molecule has 5 nitrogen and oxygen atoms in total. The average molecular weight is 465 g/mol. The fraction of sp³-hybridized carbons (Fsp3) is 0.167. The van der Waals surface area contributed by atoms with E-state index in [-0.39, 0.29) is 11.7 Å². The van der Waals surface area contributed by atoms with Crippen molar-refractivity contribution in [3.8, 4) is 23.1 Å². The molecular weight excluding hydrogens is 444 g/mol. The number of carbonyl (C=O) groups excluding carboxylic acids is 1. The summed E-state index contributed by atoms with van der Waals surface area (Å²) in [6.07, 6.45) is 1.45. The summed E-state index contributed by atoms with van der Waals surface area (Å²) in [7, 11) is 0. The average Bonchev–Trinajstić information content (AvgIpc) is 3.14. The Morgan fingerprint density at radius 1 is 1.20 bits per heavy atom. The summed E-state index contributed by atoms with van der Waals surface area (Å²) in [6.45, 7) is 5.86. The first-order chi connectivity index (χ1) is 14.4. The Kier molecular flexibility index (Phi) is 6.76. The number of nitrogens with zero attached hydrogens (tertiary/aromatic N) is 1. The second-order valence-electron chi connectivity index (χ2n) is 7.00. The van der Waals surface area contributed by atoms with Gasteiger partial charge in [0.2, 0.25) is 0 Å². The Morgan fingerprint density at radius 2 is 2.00 bits per heavy atom. The van der Waals surface area contributed by atoms with E-state index in [0.717, 1.165) is 15.6 Å². The molecule has 6 heteroatoms. The summed E-state index contributed by atoms with van der Waals surface area (Å²) in [5.74, 6) is 1.18. The van der Waals surface area contributed by atoms with Crippen LogP contribution in [0.25, 0.3) is 17.4 Å². The van der Waals surface area contributed by atoms with Crippen LogP contribution in [0.15, 0.2) is 69.1 Å². The van der Waals surface area contributed by atoms with E-state index in [9.17, 15) is 10.1 Å². The van der Waals surface area contributed by atoms with Crippen LogP contribution in [0.4, 0.5) is 5.69 Å². The van der Waals surface area contributed by atoms with Crippen LogP contribution in [0, 0.1) is 18.3 Å². The molecule has 1 amide bonds. The molecule has 0 unspecified atom stereocenters. The number of nitrogens with one attached hydrogen (secondary N) is 1. The van der Waals surface area contributed by atoms with Crippen LogP contribution in [0.3, 0.4) is 0 Å². The van der Waals surface area contributed by atoms with Gasteiger partial charge in [-0.1, -0.05) is 28.1 Å². The van der Waals surface area contributed by atoms with Gasteiger partial charge in [-0.05, 0) is 62.7 Å². The lowest BCUT2D eigenvalue weighted by Crippen LogP contribution is -2.13. The van der Waals surface area contributed by atoms with E-state index < -0.39 is 5.91 Å². The summed E-state index contributed by atoms with van der Waals surface area (Å²) < 4.78 is 12.4. The molecule has 30 heavy (non-hydrogen) atoms. The molecule has 1 aromatic heterocycles. The third-order valence-corrected chi connectivity index (χ3v) is 4.79. The zero-order valence-corrected chi connectivity index (χ0v) is 18.5. The fourth-order valence-electron chi connectivity index (χ4n) is 2.80. The lowest BCUT2D eigenvalue weighted by molar-refractivity contribution is -0.112. The molecule has 0 fully saturated rings. The second kappa shape index (κ2) is 9.47. The lowest BCUT2D eigenvalue weighted by atomic mass is 10.1. The molecule has 0 spiro atoms. The van der Waals surface area contributed by atoms with E-state index in [1.54, 1.807) is 30.3 Å². The molecule has 1 heterocycles. The number of halogens is 1. The van der Waals surface area contributed by atoms with Crippen LogP contribution in [0.1, 0.15) is 25.2 Å². The van der Waals surface area contributed by atoms with Gasteiger partial charge >= 0.3 is 0 Å². The molecule has 1 N–H and O–H groups in total. The van der Waals surface area contributed by atoms with Gasteiger partial charge in [-0.15, -0.1) is 0 Å². The maximum absolute atomic E-state index is 12.6. The molecule has 3 aromatic rings. The Morgan fingerprint density at radius 3 is 2.70 bits per heavy atom. The minimum absolute atomic E-state index is 0.0206. The second-order valence-corrected chi connectivity index (χ2v) is 7.86. The molecule has 0 aliphatic rings. The molecule has 0 radical (unpaired) electrons. The number of aryl methyl sites for hydroxylation is 1. The number of benzene rings is 2. The SMILES string of the molecule is Cc1ccc(-c2ccc(/C=C(\C#N)C(=O)Nc3cccc(OC(C)C)c3)o2)c(Br)c1. The van der Waals surface area contributed by atoms with Gasteiger partial charge in [-0.3, -0.25) is 4.79 Å². The molecule has 3 rings (SSSR count). The summed E-state index contributed by atoms with van der Waals surface area (Å²) >= 11 is 3.54. The Balaban J connectivity index is 1.78. The predicted octanol–water partition coefficient (Wildman–Crippen LogP) is 6.35. The number of nitriles is 1. The number of hydrogen-bond acceptors (Lipinski definition) is 4. The van der Waals surface area contributed by atoms with E-state index >= 15 is 0 Å². The number of ether oxygens (including phenoxy) is 1. The molecular formula is C24H21BrN2O3. The number of rotatable bonds is 6. The number of hydrogen-bond donors (Lipinski definition) is 1. The Hall–Kier alpha value is -3.30. The summed E-state index contributed by atoms with van der Waals surface area (Å²) in [6, 6.07) is 18.4. The van der Waals surface area contributed by atoms with Crippen LogP contribution < -0.4 is 10.1 Å². The third kappa shape index (κ3) is 5.40. The van der Waals surface area contributed by atoms with Crippen LogP contribution in [0.2, 0.25) is 0 Å². The van der Waals surface area contributed by atoms with Gasteiger partial charge in [0.15, 0.2) is 0 Å². The molecule has 0 atom stereocenters. The molecule has 0 aliphatic heterocycles. The van der Waals surface area contributed by atoms with Crippen molar-refractivity contribution in [3.05, 3.63) is 76.0 Å². The third-order valence-electron chi connectivity index (χ3n) is 4.13. The van der Waals surface area contributed by atoms with Crippen molar-refractivity contribution in [2.24, 2.45) is 0 Å². The Bertz CT molecular complexity index is 1140. The van der Waals surface area contributed by atoms with Crippen molar-refractivity contribution < 1.29 is 13.9 Å². The lowest BCUT2D eigenvalue weighted by Gasteiger charge is -2.11. The van der Waals surface area contributed by atoms with Gasteiger partial charge in [0, 0.05) is 27.9 Å². The topological polar surface area (TPSA) is 75.3 Å². The predicted molar refractivity (Wildman–Crippen MR) is 121 cm³/mol. The van der Waals surface area contributed by atoms with Gasteiger partial charge in [0.05, 0.1) is 6.10 Å². The highest BCUT2D eigenvalue weighted by molar-refractivity contribution is 9.10. The minimum atomic E-state index is -0.520. The van der Waals surface area contributed by atoms with Gasteiger partial charge in [-0.25, -0.2) is 0 Å². The maximum Gasteiger partial charge on any atom is 0.266 e. The molecule has 0 aliphatic carbocycles. The largest absolute Gasteiger partial charge is 0.491 e. The highest BCUT2D eigenvalue weighted by Crippen LogP contribution is 2.31. The molecule has 0 bridgehead atoms. The molecule has 2 aromatic carbocycles. The first-order valence-electron chi connectivity index (χ1n) is 9.42. The molecule has 152 valence electrons. The van der Waals surface area contributed by atoms with E-state index in [4.69, 9.17) is 9.15 Å². The number of amides is 1. The van der Waals surface area contributed by atoms with Crippen molar-refractivity contribution in [1.29, 1.82) is 5.26 Å². The summed E-state index contributed by atoms with van der Waals surface area (Å²) in [5.41, 5.74) is 2.51. The van der Waals surface area contributed by atoms with Crippen molar-refractivity contribution in [2.45, 2.75) is 26.9 Å². The number of furan rings is 1. The minimum Gasteiger partial charge on any atom is -0.491 e. The highest BCUT2D eigenvalue weighted by atomic mass is 79.9. The molecule has 0 saturated heterocycles. The zero-order valence-electron chi connectivity index (χ0n) is 16.9. The zero-order chi connectivity index (χ0) is 21.7. The van der Waals surface area contributed by atoms with Crippen molar-refractivity contribution in [3.63, 3.8) is 0 Å². The smallest absolute Gasteiger partial charge is 0.266 e. The maximum atomic E-state index is 12.6. The van der Waals surface area contributed by atoms with Crippen LogP contribution in [-0.2, 0) is 4.79 Å². The first kappa shape index (κ1) is 21.4. The van der Waals surface area contributed by atoms with Crippen molar-refractivity contribution in [1.82, 2.24) is 0 Å². The summed E-state index contributed by atoms with van der Waals surface area (Å²) in [4.78, 5) is 12.6. The monoisotopic (exact) mass is 464 g/mol. The Labute approximate surface area is 184 Å². The van der Waals surface area contributed by atoms with Gasteiger partial charge in [-0.2, -0.15) is 5.26 Å². The van der Waals surface area contributed by atoms with E-state index in [2.05, 4.69) is 21.2 Å². The van der Waals surface area contributed by atoms with Gasteiger partial charge in [0.1, 0.15) is 28.9 Å². The molecule has 0 saturated carbocycles. The normalized spacial score (nSPS) is 11.3. The standard InChI is InChI=1S/C24H21BrN2O3/c1-15(2)29-19-6-4-5-18(13-19)27-24(28)17(14-26)12-20-8-10-23(30-20)21-9-7-16(3)11-22(21)25/h4-13,15H,1-3H3,(H,27,28)/b17-12+. The first-order valence-corrected chi connectivity index (χ1v) is 10.2. The number of carbonyl (C=O) groups is 1. The summed E-state index contributed by atoms with van der Waals surface area (Å²) in [5, 5.41) is 12.2. The van der Waals surface area contributed by atoms with Gasteiger partial charge < -0.3 is 14.5 Å². The van der Waals surface area contributed by atoms with Crippen LogP contribution in [-0.4, -0.2) is 12.0 Å². The van der Waals surface area contributed by atoms with E-state index in [0.29, 0.717) is 23.0 Å². The van der Waals surface area contributed by atoms with Crippen molar-refractivity contribution in [2.75, 3.05) is 5.32 Å². The quantitative estimate of drug-likeness (QED) is 0.340. The van der Waals surface area contributed by atoms with Gasteiger partial charge in [0.25, 0.3) is 5.91 Å². The van der Waals surface area contributed by atoms with E-state index in [1.807, 2.05) is 51.1 Å². The van der Waals surface area contributed by atoms with E-state index in [1.165, 1.54) is 6.08 Å². The number of anilines is 1. The highest BCUT2D eigenvalue weighted by Gasteiger charge is 2.13.